The highest BCUT2D eigenvalue weighted by molar-refractivity contribution is 5.80. The Morgan fingerprint density at radius 3 is 2.92 bits per heavy atom. The van der Waals surface area contributed by atoms with Crippen LogP contribution in [0.1, 0.15) is 44.9 Å². The highest BCUT2D eigenvalue weighted by atomic mass is 16.1. The molecule has 0 N–H and O–H groups in total. The number of carbonyl (C=O) groups excluding carboxylic acids is 1. The molecule has 0 unspecified atom stereocenters. The smallest absolute Gasteiger partial charge is 0.133 e. The lowest BCUT2D eigenvalue weighted by atomic mass is 10.00. The molecule has 0 spiro atoms. The van der Waals surface area contributed by atoms with Crippen molar-refractivity contribution < 1.29 is 4.79 Å². The first kappa shape index (κ1) is 9.50. The van der Waals surface area contributed by atoms with Gasteiger partial charge in [-0.25, -0.2) is 0 Å². The molecule has 1 heteroatoms. The van der Waals surface area contributed by atoms with Crippen LogP contribution in [0.2, 0.25) is 0 Å². The SMILES string of the molecule is C=CCCCC[C@H]1CCC(=O)C1. The van der Waals surface area contributed by atoms with Crippen LogP contribution in [0.25, 0.3) is 0 Å². The van der Waals surface area contributed by atoms with Gasteiger partial charge in [-0.15, -0.1) is 6.58 Å². The number of allylic oxidation sites excluding steroid dienone is 1. The van der Waals surface area contributed by atoms with Crippen molar-refractivity contribution >= 4 is 5.78 Å². The van der Waals surface area contributed by atoms with Crippen LogP contribution >= 0.6 is 0 Å². The topological polar surface area (TPSA) is 17.1 Å². The highest BCUT2D eigenvalue weighted by Crippen LogP contribution is 2.26. The van der Waals surface area contributed by atoms with E-state index in [-0.39, 0.29) is 0 Å². The predicted octanol–water partition coefficient (Wildman–Crippen LogP) is 3.10. The van der Waals surface area contributed by atoms with Crippen molar-refractivity contribution in [3.05, 3.63) is 12.7 Å². The zero-order chi connectivity index (χ0) is 8.81. The van der Waals surface area contributed by atoms with E-state index in [2.05, 4.69) is 6.58 Å². The van der Waals surface area contributed by atoms with Crippen molar-refractivity contribution in [1.29, 1.82) is 0 Å². The molecule has 0 aromatic carbocycles. The normalized spacial score (nSPS) is 23.0. The molecular weight excluding hydrogens is 148 g/mol. The number of hydrogen-bond acceptors (Lipinski definition) is 1. The molecule has 1 fully saturated rings. The van der Waals surface area contributed by atoms with E-state index in [0.29, 0.717) is 11.7 Å². The summed E-state index contributed by atoms with van der Waals surface area (Å²) < 4.78 is 0. The van der Waals surface area contributed by atoms with Crippen molar-refractivity contribution in [3.63, 3.8) is 0 Å². The quantitative estimate of drug-likeness (QED) is 0.453. The predicted molar refractivity (Wildman–Crippen MR) is 51.0 cm³/mol. The van der Waals surface area contributed by atoms with Crippen LogP contribution in [0, 0.1) is 5.92 Å². The molecule has 0 saturated heterocycles. The van der Waals surface area contributed by atoms with Crippen LogP contribution in [-0.2, 0) is 4.79 Å². The summed E-state index contributed by atoms with van der Waals surface area (Å²) in [6.07, 6.45) is 9.70. The third-order valence-corrected chi connectivity index (χ3v) is 2.62. The molecule has 0 aromatic rings. The minimum atomic E-state index is 0.476. The third kappa shape index (κ3) is 3.21. The zero-order valence-electron chi connectivity index (χ0n) is 7.72. The summed E-state index contributed by atoms with van der Waals surface area (Å²) in [5.41, 5.74) is 0. The summed E-state index contributed by atoms with van der Waals surface area (Å²) in [4.78, 5) is 10.9. The summed E-state index contributed by atoms with van der Waals surface area (Å²) in [5, 5.41) is 0. The molecule has 0 bridgehead atoms. The molecule has 0 heterocycles. The van der Waals surface area contributed by atoms with Gasteiger partial charge in [0.2, 0.25) is 0 Å². The van der Waals surface area contributed by atoms with Gasteiger partial charge in [-0.3, -0.25) is 4.79 Å². The van der Waals surface area contributed by atoms with Crippen LogP contribution in [0.5, 0.6) is 0 Å². The molecule has 0 aliphatic heterocycles. The average Bonchev–Trinajstić information content (AvgIpc) is 2.45. The average molecular weight is 166 g/mol. The Balaban J connectivity index is 2.00. The second-order valence-corrected chi connectivity index (χ2v) is 3.72. The van der Waals surface area contributed by atoms with Crippen LogP contribution in [-0.4, -0.2) is 5.78 Å². The number of carbonyl (C=O) groups is 1. The van der Waals surface area contributed by atoms with Crippen LogP contribution < -0.4 is 0 Å². The minimum Gasteiger partial charge on any atom is -0.300 e. The second-order valence-electron chi connectivity index (χ2n) is 3.72. The molecule has 1 nitrogen and oxygen atoms in total. The van der Waals surface area contributed by atoms with Crippen molar-refractivity contribution in [2.45, 2.75) is 44.9 Å². The Morgan fingerprint density at radius 1 is 1.50 bits per heavy atom. The fraction of sp³-hybridized carbons (Fsp3) is 0.727. The van der Waals surface area contributed by atoms with Gasteiger partial charge in [0.15, 0.2) is 0 Å². The Labute approximate surface area is 74.9 Å². The molecule has 1 rings (SSSR count). The second kappa shape index (κ2) is 5.13. The van der Waals surface area contributed by atoms with Crippen molar-refractivity contribution in [3.8, 4) is 0 Å². The Kier molecular flexibility index (Phi) is 4.06. The van der Waals surface area contributed by atoms with Crippen molar-refractivity contribution in [2.75, 3.05) is 0 Å². The van der Waals surface area contributed by atoms with Crippen LogP contribution in [0.3, 0.4) is 0 Å². The summed E-state index contributed by atoms with van der Waals surface area (Å²) in [6, 6.07) is 0. The number of unbranched alkanes of at least 4 members (excludes halogenated alkanes) is 2. The van der Waals surface area contributed by atoms with E-state index in [9.17, 15) is 4.79 Å². The van der Waals surface area contributed by atoms with E-state index < -0.39 is 0 Å². The molecule has 1 aliphatic carbocycles. The number of hydrogen-bond donors (Lipinski definition) is 0. The Morgan fingerprint density at radius 2 is 2.33 bits per heavy atom. The molecule has 1 atom stereocenters. The lowest BCUT2D eigenvalue weighted by Gasteiger charge is -2.05. The Hall–Kier alpha value is -0.590. The summed E-state index contributed by atoms with van der Waals surface area (Å²) in [5.74, 6) is 1.19. The van der Waals surface area contributed by atoms with E-state index in [1.165, 1.54) is 19.3 Å². The molecule has 0 amide bonds. The van der Waals surface area contributed by atoms with Gasteiger partial charge in [0.05, 0.1) is 0 Å². The lowest BCUT2D eigenvalue weighted by molar-refractivity contribution is -0.117. The lowest BCUT2D eigenvalue weighted by Crippen LogP contribution is -1.94. The van der Waals surface area contributed by atoms with E-state index in [0.717, 1.165) is 25.7 Å². The number of rotatable bonds is 5. The van der Waals surface area contributed by atoms with Crippen LogP contribution in [0.15, 0.2) is 12.7 Å². The number of ketones is 1. The zero-order valence-corrected chi connectivity index (χ0v) is 7.72. The largest absolute Gasteiger partial charge is 0.300 e. The molecule has 1 aliphatic rings. The standard InChI is InChI=1S/C11H18O/c1-2-3-4-5-6-10-7-8-11(12)9-10/h2,10H,1,3-9H2/t10-/m0/s1. The minimum absolute atomic E-state index is 0.476. The molecular formula is C11H18O. The van der Waals surface area contributed by atoms with E-state index in [1.54, 1.807) is 0 Å². The molecule has 0 radical (unpaired) electrons. The van der Waals surface area contributed by atoms with Gasteiger partial charge in [0.1, 0.15) is 5.78 Å². The summed E-state index contributed by atoms with van der Waals surface area (Å²) >= 11 is 0. The first-order valence-corrected chi connectivity index (χ1v) is 4.95. The molecule has 1 saturated carbocycles. The first-order chi connectivity index (χ1) is 5.83. The van der Waals surface area contributed by atoms with E-state index >= 15 is 0 Å². The third-order valence-electron chi connectivity index (χ3n) is 2.62. The Bertz CT molecular complexity index is 160. The van der Waals surface area contributed by atoms with Crippen LogP contribution in [0.4, 0.5) is 0 Å². The summed E-state index contributed by atoms with van der Waals surface area (Å²) in [7, 11) is 0. The fourth-order valence-electron chi connectivity index (χ4n) is 1.86. The first-order valence-electron chi connectivity index (χ1n) is 4.95. The maximum Gasteiger partial charge on any atom is 0.133 e. The highest BCUT2D eigenvalue weighted by Gasteiger charge is 2.20. The van der Waals surface area contributed by atoms with Gasteiger partial charge >= 0.3 is 0 Å². The van der Waals surface area contributed by atoms with E-state index in [4.69, 9.17) is 0 Å². The van der Waals surface area contributed by atoms with Gasteiger partial charge in [-0.2, -0.15) is 0 Å². The van der Waals surface area contributed by atoms with Gasteiger partial charge in [-0.05, 0) is 25.2 Å². The number of Topliss-reactive ketones (excluding diaryl/α,β-unsaturated/α-hetero) is 1. The molecule has 0 aromatic heterocycles. The van der Waals surface area contributed by atoms with Gasteiger partial charge < -0.3 is 0 Å². The maximum atomic E-state index is 10.9. The molecule has 68 valence electrons. The van der Waals surface area contributed by atoms with Gasteiger partial charge in [0.25, 0.3) is 0 Å². The van der Waals surface area contributed by atoms with E-state index in [1.807, 2.05) is 6.08 Å². The van der Waals surface area contributed by atoms with Crippen molar-refractivity contribution in [2.24, 2.45) is 5.92 Å². The van der Waals surface area contributed by atoms with Gasteiger partial charge in [0, 0.05) is 12.8 Å². The summed E-state index contributed by atoms with van der Waals surface area (Å²) in [6.45, 7) is 3.69. The van der Waals surface area contributed by atoms with Gasteiger partial charge in [-0.1, -0.05) is 18.9 Å². The molecule has 12 heavy (non-hydrogen) atoms. The van der Waals surface area contributed by atoms with Crippen molar-refractivity contribution in [1.82, 2.24) is 0 Å². The fourth-order valence-corrected chi connectivity index (χ4v) is 1.86. The monoisotopic (exact) mass is 166 g/mol. The maximum absolute atomic E-state index is 10.9.